The molecule has 1 aromatic carbocycles. The Labute approximate surface area is 267 Å². The van der Waals surface area contributed by atoms with Gasteiger partial charge < -0.3 is 0 Å². The van der Waals surface area contributed by atoms with Crippen LogP contribution in [0, 0.1) is 0 Å². The Balaban J connectivity index is 4.79. The SMILES string of the molecule is C[Si](C)(C)C(c1cc(C([Si](C)(C)C)([Si](C)(C)C)[Si](C)(C)C)cc(C([Si](C)(C)C)[Si](C)(C)C)[c]1[GeH][Br])[Si](C)(C)C. The molecule has 1 rings (SSSR count). The fourth-order valence-corrected chi connectivity index (χ4v) is 71.9. The molecule has 0 aliphatic heterocycles. The summed E-state index contributed by atoms with van der Waals surface area (Å²) in [7, 11) is -10.6. The van der Waals surface area contributed by atoms with Gasteiger partial charge in [0.2, 0.25) is 0 Å². The van der Waals surface area contributed by atoms with E-state index >= 15 is 0 Å². The number of rotatable bonds is 11. The standard InChI is InChI=1S/C30H68BrGeSi7/c1-33(2,3)28(34(4,5)6)25-22-24(30(37(13,14)15,38(16,17)18)39(19,20)21)23-26(27(25)32-31)29(35(7,8)9)36(10,11)12/h22-23,28-29,32H,1-21H3. The zero-order valence-electron chi connectivity index (χ0n) is 30.3. The molecule has 0 nitrogen and oxygen atoms in total. The molecule has 0 amide bonds. The van der Waals surface area contributed by atoms with Crippen molar-refractivity contribution in [1.82, 2.24) is 0 Å². The van der Waals surface area contributed by atoms with Crippen molar-refractivity contribution >= 4 is 88.5 Å². The van der Waals surface area contributed by atoms with E-state index in [1.807, 2.05) is 21.1 Å². The van der Waals surface area contributed by atoms with Crippen molar-refractivity contribution in [2.24, 2.45) is 0 Å². The van der Waals surface area contributed by atoms with Gasteiger partial charge in [0.05, 0.1) is 0 Å². The molecule has 1 aromatic rings. The van der Waals surface area contributed by atoms with Crippen LogP contribution >= 0.6 is 14.0 Å². The summed E-state index contributed by atoms with van der Waals surface area (Å²) in [6.45, 7) is 56.8. The first-order chi connectivity index (χ1) is 16.8. The van der Waals surface area contributed by atoms with Gasteiger partial charge in [-0.15, -0.1) is 0 Å². The van der Waals surface area contributed by atoms with Gasteiger partial charge in [-0.05, 0) is 0 Å². The summed E-state index contributed by atoms with van der Waals surface area (Å²) in [5, 5.41) is 1.61. The van der Waals surface area contributed by atoms with E-state index < -0.39 is 70.1 Å². The zero-order chi connectivity index (χ0) is 31.6. The van der Waals surface area contributed by atoms with Crippen molar-refractivity contribution in [3.63, 3.8) is 0 Å². The van der Waals surface area contributed by atoms with Crippen molar-refractivity contribution in [1.29, 1.82) is 0 Å². The van der Waals surface area contributed by atoms with Gasteiger partial charge in [-0.3, -0.25) is 0 Å². The van der Waals surface area contributed by atoms with Crippen LogP contribution in [0.15, 0.2) is 12.1 Å². The van der Waals surface area contributed by atoms with Crippen molar-refractivity contribution in [3.8, 4) is 0 Å². The molecule has 0 aliphatic rings. The van der Waals surface area contributed by atoms with E-state index in [0.29, 0.717) is 4.28 Å². The van der Waals surface area contributed by atoms with Crippen LogP contribution in [0.2, 0.25) is 137 Å². The Kier molecular flexibility index (Phi) is 11.9. The summed E-state index contributed by atoms with van der Waals surface area (Å²) in [4.78, 5) is 0. The molecule has 0 saturated heterocycles. The number of hydrogen-bond acceptors (Lipinski definition) is 0. The topological polar surface area (TPSA) is 0 Å². The predicted molar refractivity (Wildman–Crippen MR) is 213 cm³/mol. The summed E-state index contributed by atoms with van der Waals surface area (Å²) < 4.78 is 2.29. The third kappa shape index (κ3) is 7.89. The van der Waals surface area contributed by atoms with Crippen LogP contribution in [0.4, 0.5) is 0 Å². The average Bonchev–Trinajstić information content (AvgIpc) is 2.52. The molecule has 0 heterocycles. The molecule has 1 radical (unpaired) electrons. The molecular weight excluding hydrogens is 709 g/mol. The van der Waals surface area contributed by atoms with Crippen LogP contribution in [0.5, 0.6) is 0 Å². The third-order valence-corrected chi connectivity index (χ3v) is 53.2. The van der Waals surface area contributed by atoms with Crippen molar-refractivity contribution < 1.29 is 0 Å². The minimum atomic E-state index is -1.61. The zero-order valence-corrected chi connectivity index (χ0v) is 41.3. The van der Waals surface area contributed by atoms with Gasteiger partial charge in [-0.2, -0.15) is 0 Å². The van der Waals surface area contributed by atoms with E-state index in [0.717, 1.165) is 10.3 Å². The number of halogens is 1. The molecule has 0 atom stereocenters. The van der Waals surface area contributed by atoms with Gasteiger partial charge in [0.25, 0.3) is 0 Å². The molecule has 0 aliphatic carbocycles. The molecule has 0 spiro atoms. The van der Waals surface area contributed by atoms with E-state index in [4.69, 9.17) is 0 Å². The summed E-state index contributed by atoms with van der Waals surface area (Å²) in [6.07, 6.45) is 0. The minimum absolute atomic E-state index is 0.428. The summed E-state index contributed by atoms with van der Waals surface area (Å²) in [5.41, 5.74) is 5.55. The second-order valence-corrected chi connectivity index (χ2v) is 63.7. The maximum atomic E-state index is 4.30. The molecule has 0 aromatic heterocycles. The van der Waals surface area contributed by atoms with Crippen molar-refractivity contribution in [2.45, 2.75) is 152 Å². The monoisotopic (exact) mass is 777 g/mol. The Morgan fingerprint density at radius 3 is 0.872 bits per heavy atom. The molecule has 9 heteroatoms. The summed E-state index contributed by atoms with van der Waals surface area (Å²) in [6, 6.07) is 5.86. The van der Waals surface area contributed by atoms with Gasteiger partial charge in [0.1, 0.15) is 0 Å². The van der Waals surface area contributed by atoms with Crippen LogP contribution in [-0.4, -0.2) is 70.1 Å². The van der Waals surface area contributed by atoms with Crippen LogP contribution in [-0.2, 0) is 4.28 Å². The van der Waals surface area contributed by atoms with Gasteiger partial charge in [-0.25, -0.2) is 0 Å². The van der Waals surface area contributed by atoms with Gasteiger partial charge >= 0.3 is 269 Å². The van der Waals surface area contributed by atoms with Gasteiger partial charge in [0, 0.05) is 0 Å². The van der Waals surface area contributed by atoms with E-state index in [-0.39, 0.29) is 0 Å². The molecule has 0 N–H and O–H groups in total. The average molecular weight is 778 g/mol. The molecule has 0 unspecified atom stereocenters. The molecule has 0 fully saturated rings. The van der Waals surface area contributed by atoms with Gasteiger partial charge in [-0.1, -0.05) is 0 Å². The van der Waals surface area contributed by atoms with Crippen LogP contribution < -0.4 is 4.40 Å². The van der Waals surface area contributed by atoms with Gasteiger partial charge in [0.15, 0.2) is 0 Å². The molecule has 39 heavy (non-hydrogen) atoms. The Hall–Kier alpha value is 1.76. The van der Waals surface area contributed by atoms with E-state index in [1.54, 1.807) is 0 Å². The quantitative estimate of drug-likeness (QED) is 0.196. The van der Waals surface area contributed by atoms with Crippen LogP contribution in [0.1, 0.15) is 27.0 Å². The third-order valence-electron chi connectivity index (χ3n) is 9.25. The molecule has 227 valence electrons. The fourth-order valence-electron chi connectivity index (χ4n) is 10.7. The maximum absolute atomic E-state index is 4.30. The van der Waals surface area contributed by atoms with E-state index in [1.165, 1.54) is 0 Å². The fraction of sp³-hybridized carbons (Fsp3) is 0.800. The first-order valence-corrected chi connectivity index (χ1v) is 47.1. The Morgan fingerprint density at radius 2 is 0.718 bits per heavy atom. The molecule has 0 bridgehead atoms. The van der Waals surface area contributed by atoms with Crippen molar-refractivity contribution in [2.75, 3.05) is 0 Å². The molecular formula is C30H68BrGeSi7. The van der Waals surface area contributed by atoms with E-state index in [2.05, 4.69) is 164 Å². The predicted octanol–water partition coefficient (Wildman–Crippen LogP) is 10.6. The van der Waals surface area contributed by atoms with Crippen LogP contribution in [0.3, 0.4) is 0 Å². The number of benzene rings is 1. The van der Waals surface area contributed by atoms with Crippen LogP contribution in [0.25, 0.3) is 0 Å². The Bertz CT molecular complexity index is 888. The first-order valence-electron chi connectivity index (χ1n) is 15.4. The second kappa shape index (κ2) is 11.9. The van der Waals surface area contributed by atoms with E-state index in [9.17, 15) is 0 Å². The summed E-state index contributed by atoms with van der Waals surface area (Å²) >= 11 is 3.60. The number of hydrogen-bond donors (Lipinski definition) is 0. The van der Waals surface area contributed by atoms with Crippen molar-refractivity contribution in [3.05, 3.63) is 28.8 Å². The molecule has 0 saturated carbocycles. The first kappa shape index (κ1) is 38.8. The summed E-state index contributed by atoms with van der Waals surface area (Å²) in [5.74, 6) is 0. The second-order valence-electron chi connectivity index (χ2n) is 20.0. The normalized spacial score (nSPS) is 15.5. The Morgan fingerprint density at radius 1 is 0.487 bits per heavy atom.